The van der Waals surface area contributed by atoms with Gasteiger partial charge in [-0.25, -0.2) is 18.2 Å². The van der Waals surface area contributed by atoms with Crippen LogP contribution in [0.3, 0.4) is 0 Å². The first kappa shape index (κ1) is 19.4. The Morgan fingerprint density at radius 2 is 1.79 bits per heavy atom. The molecule has 8 heteroatoms. The van der Waals surface area contributed by atoms with E-state index >= 15 is 0 Å². The summed E-state index contributed by atoms with van der Waals surface area (Å²) in [6.45, 7) is 1.83. The monoisotopic (exact) mass is 397 g/mol. The molecule has 0 radical (unpaired) electrons. The van der Waals surface area contributed by atoms with E-state index in [1.807, 2.05) is 13.0 Å². The van der Waals surface area contributed by atoms with Crippen molar-refractivity contribution < 1.29 is 17.9 Å². The molecule has 0 aliphatic carbocycles. The predicted molar refractivity (Wildman–Crippen MR) is 107 cm³/mol. The summed E-state index contributed by atoms with van der Waals surface area (Å²) in [5, 5.41) is 3.10. The molecule has 0 fully saturated rings. The van der Waals surface area contributed by atoms with Gasteiger partial charge in [0.2, 0.25) is 0 Å². The summed E-state index contributed by atoms with van der Waals surface area (Å²) >= 11 is 0. The van der Waals surface area contributed by atoms with E-state index < -0.39 is 16.0 Å². The van der Waals surface area contributed by atoms with Gasteiger partial charge in [0, 0.05) is 5.69 Å². The van der Waals surface area contributed by atoms with Crippen LogP contribution in [0.5, 0.6) is 0 Å². The molecule has 0 saturated heterocycles. The summed E-state index contributed by atoms with van der Waals surface area (Å²) in [6.07, 6.45) is 1.50. The molecule has 2 aromatic carbocycles. The number of anilines is 3. The molecule has 3 rings (SSSR count). The zero-order valence-corrected chi connectivity index (χ0v) is 16.2. The first-order valence-electron chi connectivity index (χ1n) is 8.38. The maximum atomic E-state index is 12.4. The highest BCUT2D eigenvalue weighted by Crippen LogP contribution is 2.20. The second-order valence-corrected chi connectivity index (χ2v) is 7.73. The van der Waals surface area contributed by atoms with Crippen molar-refractivity contribution >= 4 is 33.2 Å². The summed E-state index contributed by atoms with van der Waals surface area (Å²) in [5.74, 6) is -0.224. The number of aryl methyl sites for hydroxylation is 1. The van der Waals surface area contributed by atoms with E-state index in [1.54, 1.807) is 48.5 Å². The Labute approximate surface area is 163 Å². The van der Waals surface area contributed by atoms with Gasteiger partial charge in [0.25, 0.3) is 10.0 Å². The lowest BCUT2D eigenvalue weighted by Gasteiger charge is -2.10. The summed E-state index contributed by atoms with van der Waals surface area (Å²) in [4.78, 5) is 15.9. The van der Waals surface area contributed by atoms with Crippen LogP contribution in [-0.2, 0) is 14.8 Å². The highest BCUT2D eigenvalue weighted by Gasteiger charge is 2.14. The maximum absolute atomic E-state index is 12.4. The number of carbonyl (C=O) groups excluding carboxylic acids is 1. The van der Waals surface area contributed by atoms with Crippen molar-refractivity contribution in [3.8, 4) is 0 Å². The molecule has 28 heavy (non-hydrogen) atoms. The topological polar surface area (TPSA) is 97.4 Å². The SMILES string of the molecule is COC(=O)c1cccc(Nc2ccc(NS(=O)(=O)c3cccc(C)c3)nc2)c1. The molecule has 0 bridgehead atoms. The van der Waals surface area contributed by atoms with Crippen LogP contribution >= 0.6 is 0 Å². The molecule has 0 aliphatic heterocycles. The molecular weight excluding hydrogens is 378 g/mol. The minimum absolute atomic E-state index is 0.177. The summed E-state index contributed by atoms with van der Waals surface area (Å²) in [6, 6.07) is 16.7. The highest BCUT2D eigenvalue weighted by atomic mass is 32.2. The fraction of sp³-hybridized carbons (Fsp3) is 0.100. The molecule has 2 N–H and O–H groups in total. The highest BCUT2D eigenvalue weighted by molar-refractivity contribution is 7.92. The van der Waals surface area contributed by atoms with E-state index in [1.165, 1.54) is 19.4 Å². The van der Waals surface area contributed by atoms with Crippen LogP contribution in [0.15, 0.2) is 71.8 Å². The Balaban J connectivity index is 1.73. The smallest absolute Gasteiger partial charge is 0.337 e. The number of aromatic nitrogens is 1. The molecule has 0 aliphatic rings. The molecule has 144 valence electrons. The molecule has 0 amide bonds. The van der Waals surface area contributed by atoms with Gasteiger partial charge in [-0.3, -0.25) is 4.72 Å². The van der Waals surface area contributed by atoms with Gasteiger partial charge in [-0.05, 0) is 55.0 Å². The van der Waals surface area contributed by atoms with E-state index in [2.05, 4.69) is 15.0 Å². The number of carbonyl (C=O) groups is 1. The third-order valence-corrected chi connectivity index (χ3v) is 5.23. The molecule has 0 spiro atoms. The van der Waals surface area contributed by atoms with Gasteiger partial charge < -0.3 is 10.1 Å². The lowest BCUT2D eigenvalue weighted by molar-refractivity contribution is 0.0601. The maximum Gasteiger partial charge on any atom is 0.337 e. The molecular formula is C20H19N3O4S. The second-order valence-electron chi connectivity index (χ2n) is 6.05. The molecule has 1 aromatic heterocycles. The van der Waals surface area contributed by atoms with Crippen LogP contribution in [0.1, 0.15) is 15.9 Å². The lowest BCUT2D eigenvalue weighted by Crippen LogP contribution is -2.14. The van der Waals surface area contributed by atoms with Crippen molar-refractivity contribution in [1.82, 2.24) is 4.98 Å². The number of nitrogens with zero attached hydrogens (tertiary/aromatic N) is 1. The van der Waals surface area contributed by atoms with Gasteiger partial charge in [0.15, 0.2) is 0 Å². The average molecular weight is 397 g/mol. The number of methoxy groups -OCH3 is 1. The standard InChI is InChI=1S/C20H19N3O4S/c1-14-5-3-8-18(11-14)28(25,26)23-19-10-9-17(13-21-19)22-16-7-4-6-15(12-16)20(24)27-2/h3-13,22H,1-2H3,(H,21,23). The van der Waals surface area contributed by atoms with Crippen LogP contribution in [0.2, 0.25) is 0 Å². The van der Waals surface area contributed by atoms with Gasteiger partial charge in [-0.15, -0.1) is 0 Å². The van der Waals surface area contributed by atoms with Gasteiger partial charge in [-0.2, -0.15) is 0 Å². The van der Waals surface area contributed by atoms with Crippen molar-refractivity contribution in [3.63, 3.8) is 0 Å². The number of benzene rings is 2. The van der Waals surface area contributed by atoms with Crippen LogP contribution in [0, 0.1) is 6.92 Å². The molecule has 0 atom stereocenters. The summed E-state index contributed by atoms with van der Waals surface area (Å²) in [7, 11) is -2.39. The molecule has 7 nitrogen and oxygen atoms in total. The Hall–Kier alpha value is -3.39. The van der Waals surface area contributed by atoms with E-state index in [0.717, 1.165) is 5.56 Å². The minimum Gasteiger partial charge on any atom is -0.465 e. The van der Waals surface area contributed by atoms with Gasteiger partial charge >= 0.3 is 5.97 Å². The molecule has 1 heterocycles. The molecule has 0 unspecified atom stereocenters. The lowest BCUT2D eigenvalue weighted by atomic mass is 10.2. The largest absolute Gasteiger partial charge is 0.465 e. The quantitative estimate of drug-likeness (QED) is 0.615. The van der Waals surface area contributed by atoms with Gasteiger partial charge in [0.1, 0.15) is 5.82 Å². The Kier molecular flexibility index (Phi) is 5.60. The Morgan fingerprint density at radius 1 is 1.00 bits per heavy atom. The van der Waals surface area contributed by atoms with Crippen LogP contribution < -0.4 is 10.0 Å². The van der Waals surface area contributed by atoms with Gasteiger partial charge in [-0.1, -0.05) is 18.2 Å². The van der Waals surface area contributed by atoms with Crippen LogP contribution in [0.4, 0.5) is 17.2 Å². The Bertz CT molecular complexity index is 1100. The second kappa shape index (κ2) is 8.10. The van der Waals surface area contributed by atoms with Crippen molar-refractivity contribution in [3.05, 3.63) is 78.0 Å². The van der Waals surface area contributed by atoms with Crippen molar-refractivity contribution in [2.75, 3.05) is 17.1 Å². The van der Waals surface area contributed by atoms with Crippen molar-refractivity contribution in [1.29, 1.82) is 0 Å². The molecule has 3 aromatic rings. The fourth-order valence-corrected chi connectivity index (χ4v) is 3.63. The Morgan fingerprint density at radius 3 is 2.46 bits per heavy atom. The van der Waals surface area contributed by atoms with Crippen molar-refractivity contribution in [2.24, 2.45) is 0 Å². The number of pyridine rings is 1. The van der Waals surface area contributed by atoms with E-state index in [-0.39, 0.29) is 10.7 Å². The summed E-state index contributed by atoms with van der Waals surface area (Å²) in [5.41, 5.74) is 2.59. The molecule has 0 saturated carbocycles. The number of esters is 1. The predicted octanol–water partition coefficient (Wildman–Crippen LogP) is 3.72. The average Bonchev–Trinajstić information content (AvgIpc) is 2.69. The third kappa shape index (κ3) is 4.66. The fourth-order valence-electron chi connectivity index (χ4n) is 2.52. The number of rotatable bonds is 6. The van der Waals surface area contributed by atoms with E-state index in [0.29, 0.717) is 16.9 Å². The first-order chi connectivity index (χ1) is 13.4. The zero-order chi connectivity index (χ0) is 20.1. The minimum atomic E-state index is -3.71. The zero-order valence-electron chi connectivity index (χ0n) is 15.3. The number of sulfonamides is 1. The van der Waals surface area contributed by atoms with E-state index in [4.69, 9.17) is 4.74 Å². The van der Waals surface area contributed by atoms with E-state index in [9.17, 15) is 13.2 Å². The third-order valence-electron chi connectivity index (χ3n) is 3.87. The number of hydrogen-bond acceptors (Lipinski definition) is 6. The summed E-state index contributed by atoms with van der Waals surface area (Å²) < 4.78 is 32.1. The number of ether oxygens (including phenoxy) is 1. The first-order valence-corrected chi connectivity index (χ1v) is 9.87. The number of hydrogen-bond donors (Lipinski definition) is 2. The van der Waals surface area contributed by atoms with Crippen LogP contribution in [-0.4, -0.2) is 26.5 Å². The van der Waals surface area contributed by atoms with Crippen molar-refractivity contribution in [2.45, 2.75) is 11.8 Å². The van der Waals surface area contributed by atoms with Gasteiger partial charge in [0.05, 0.1) is 29.5 Å². The number of nitrogens with one attached hydrogen (secondary N) is 2. The normalized spacial score (nSPS) is 10.9. The van der Waals surface area contributed by atoms with Crippen LogP contribution in [0.25, 0.3) is 0 Å².